The molecule has 2 rings (SSSR count). The van der Waals surface area contributed by atoms with Gasteiger partial charge >= 0.3 is 0 Å². The molecular weight excluding hydrogens is 238 g/mol. The van der Waals surface area contributed by atoms with E-state index in [1.807, 2.05) is 22.9 Å². The fraction of sp³-hybridized carbons (Fsp3) is 0.500. The third-order valence-electron chi connectivity index (χ3n) is 3.03. The van der Waals surface area contributed by atoms with Crippen LogP contribution >= 0.6 is 0 Å². The Bertz CT molecular complexity index is 369. The van der Waals surface area contributed by atoms with Crippen LogP contribution in [-0.4, -0.2) is 28.5 Å². The van der Waals surface area contributed by atoms with E-state index in [-0.39, 0.29) is 25.1 Å². The highest BCUT2D eigenvalue weighted by Gasteiger charge is 2.33. The van der Waals surface area contributed by atoms with Crippen molar-refractivity contribution >= 4 is 0 Å². The molecule has 1 heterocycles. The maximum Gasteiger partial charge on any atom is 0.158 e. The molecule has 94 valence electrons. The van der Waals surface area contributed by atoms with Crippen molar-refractivity contribution in [2.45, 2.75) is 32.0 Å². The lowest BCUT2D eigenvalue weighted by molar-refractivity contribution is -0.628. The normalized spacial score (nSPS) is 22.6. The topological polar surface area (TPSA) is 47.6 Å². The van der Waals surface area contributed by atoms with Crippen LogP contribution in [0.2, 0.25) is 0 Å². The molecule has 0 amide bonds. The van der Waals surface area contributed by atoms with Crippen molar-refractivity contribution < 1.29 is 22.2 Å². The molecule has 0 saturated heterocycles. The van der Waals surface area contributed by atoms with Crippen LogP contribution in [0.3, 0.4) is 0 Å². The summed E-state index contributed by atoms with van der Waals surface area (Å²) < 4.78 is 2.04. The van der Waals surface area contributed by atoms with E-state index in [0.717, 1.165) is 13.0 Å². The zero-order valence-corrected chi connectivity index (χ0v) is 10.6. The largest absolute Gasteiger partial charge is 1.00 e. The Morgan fingerprint density at radius 1 is 1.35 bits per heavy atom. The van der Waals surface area contributed by atoms with Crippen LogP contribution in [0, 0.1) is 0 Å². The quantitative estimate of drug-likeness (QED) is 0.631. The molecule has 5 heteroatoms. The van der Waals surface area contributed by atoms with Crippen molar-refractivity contribution in [2.24, 2.45) is 5.22 Å². The highest BCUT2D eigenvalue weighted by molar-refractivity contribution is 5.13. The molecule has 0 fully saturated rings. The summed E-state index contributed by atoms with van der Waals surface area (Å²) in [7, 11) is 0. The molecule has 2 N–H and O–H groups in total. The van der Waals surface area contributed by atoms with E-state index < -0.39 is 0 Å². The van der Waals surface area contributed by atoms with Crippen LogP contribution in [0.5, 0.6) is 0 Å². The van der Waals surface area contributed by atoms with Crippen LogP contribution in [0.1, 0.15) is 18.9 Å². The summed E-state index contributed by atoms with van der Waals surface area (Å²) in [6, 6.07) is 10.9. The van der Waals surface area contributed by atoms with Crippen molar-refractivity contribution in [1.29, 1.82) is 0 Å². The summed E-state index contributed by atoms with van der Waals surface area (Å²) >= 11 is 0. The van der Waals surface area contributed by atoms with Gasteiger partial charge in [0.25, 0.3) is 0 Å². The molecule has 0 aliphatic carbocycles. The highest BCUT2D eigenvalue weighted by atomic mass is 35.5. The third-order valence-corrected chi connectivity index (χ3v) is 3.03. The first-order chi connectivity index (χ1) is 7.81. The number of nitrogens with zero attached hydrogens (tertiary/aromatic N) is 2. The smallest absolute Gasteiger partial charge is 0.158 e. The van der Waals surface area contributed by atoms with E-state index in [4.69, 9.17) is 5.11 Å². The summed E-state index contributed by atoms with van der Waals surface area (Å²) in [6.45, 7) is 3.15. The number of rotatable bonds is 4. The maximum atomic E-state index is 8.92. The predicted molar refractivity (Wildman–Crippen MR) is 60.9 cm³/mol. The van der Waals surface area contributed by atoms with Gasteiger partial charge < -0.3 is 17.5 Å². The van der Waals surface area contributed by atoms with Crippen molar-refractivity contribution in [2.75, 3.05) is 6.61 Å². The zero-order chi connectivity index (χ0) is 11.4. The fourth-order valence-corrected chi connectivity index (χ4v) is 1.95. The van der Waals surface area contributed by atoms with Gasteiger partial charge in [0.2, 0.25) is 0 Å². The second-order valence-electron chi connectivity index (χ2n) is 4.17. The molecule has 0 bridgehead atoms. The van der Waals surface area contributed by atoms with Crippen LogP contribution < -0.4 is 17.8 Å². The lowest BCUT2D eigenvalue weighted by Crippen LogP contribution is -3.00. The van der Waals surface area contributed by atoms with Crippen LogP contribution in [0.4, 0.5) is 0 Å². The SMILES string of the molecule is CC1C(CCO)NN=[N+]1Cc1ccccc1.[Cl-]. The van der Waals surface area contributed by atoms with E-state index in [1.165, 1.54) is 5.56 Å². The summed E-state index contributed by atoms with van der Waals surface area (Å²) in [5, 5.41) is 13.2. The Hall–Kier alpha value is -1.13. The summed E-state index contributed by atoms with van der Waals surface area (Å²) in [4.78, 5) is 0. The molecule has 1 aliphatic heterocycles. The minimum absolute atomic E-state index is 0. The van der Waals surface area contributed by atoms with Gasteiger partial charge in [-0.25, -0.2) is 0 Å². The van der Waals surface area contributed by atoms with Gasteiger partial charge in [-0.2, -0.15) is 10.1 Å². The molecule has 1 aromatic carbocycles. The summed E-state index contributed by atoms with van der Waals surface area (Å²) in [5.41, 5.74) is 4.32. The van der Waals surface area contributed by atoms with Crippen molar-refractivity contribution in [3.05, 3.63) is 35.9 Å². The number of aliphatic hydroxyl groups is 1. The minimum atomic E-state index is 0. The fourth-order valence-electron chi connectivity index (χ4n) is 1.95. The first kappa shape index (κ1) is 13.9. The monoisotopic (exact) mass is 255 g/mol. The number of nitrogens with one attached hydrogen (secondary N) is 1. The molecule has 0 aromatic heterocycles. The van der Waals surface area contributed by atoms with E-state index in [9.17, 15) is 0 Å². The van der Waals surface area contributed by atoms with Gasteiger partial charge in [0.15, 0.2) is 12.1 Å². The van der Waals surface area contributed by atoms with Crippen molar-refractivity contribution in [1.82, 2.24) is 5.43 Å². The van der Waals surface area contributed by atoms with Gasteiger partial charge in [0, 0.05) is 13.0 Å². The van der Waals surface area contributed by atoms with E-state index in [1.54, 1.807) is 0 Å². The lowest BCUT2D eigenvalue weighted by Gasteiger charge is -2.09. The Morgan fingerprint density at radius 3 is 2.71 bits per heavy atom. The number of hydrogen-bond donors (Lipinski definition) is 2. The second kappa shape index (κ2) is 6.57. The van der Waals surface area contributed by atoms with Gasteiger partial charge in [-0.05, 0) is 12.5 Å². The average Bonchev–Trinajstić information content (AvgIpc) is 2.64. The van der Waals surface area contributed by atoms with E-state index >= 15 is 0 Å². The molecule has 1 aliphatic rings. The molecule has 0 spiro atoms. The standard InChI is InChI=1S/C12H17N3O.ClH/c1-10-12(7-8-16)13-14-15(10)9-11-5-3-2-4-6-11;/h2-6,10,12,16H,7-9H2,1H3;1H. The molecule has 2 unspecified atom stereocenters. The van der Waals surface area contributed by atoms with Crippen molar-refractivity contribution in [3.8, 4) is 0 Å². The lowest BCUT2D eigenvalue weighted by atomic mass is 10.1. The average molecular weight is 256 g/mol. The first-order valence-electron chi connectivity index (χ1n) is 5.69. The summed E-state index contributed by atoms with van der Waals surface area (Å²) in [6.07, 6.45) is 0.746. The van der Waals surface area contributed by atoms with Gasteiger partial charge in [0.1, 0.15) is 6.54 Å². The molecule has 1 aromatic rings. The molecule has 4 nitrogen and oxygen atoms in total. The first-order valence-corrected chi connectivity index (χ1v) is 5.69. The van der Waals surface area contributed by atoms with Crippen LogP contribution in [-0.2, 0) is 6.54 Å². The minimum Gasteiger partial charge on any atom is -1.00 e. The molecule has 2 atom stereocenters. The Labute approximate surface area is 108 Å². The predicted octanol–water partition coefficient (Wildman–Crippen LogP) is -1.69. The molecule has 17 heavy (non-hydrogen) atoms. The van der Waals surface area contributed by atoms with Gasteiger partial charge in [0.05, 0.1) is 5.22 Å². The number of benzene rings is 1. The Kier molecular flexibility index (Phi) is 5.38. The number of aliphatic hydroxyl groups excluding tert-OH is 1. The number of halogens is 1. The van der Waals surface area contributed by atoms with Crippen LogP contribution in [0.25, 0.3) is 0 Å². The van der Waals surface area contributed by atoms with Gasteiger partial charge in [-0.15, -0.1) is 0 Å². The maximum absolute atomic E-state index is 8.92. The molecule has 0 saturated carbocycles. The van der Waals surface area contributed by atoms with Crippen molar-refractivity contribution in [3.63, 3.8) is 0 Å². The molecular formula is C12H18ClN3O. The summed E-state index contributed by atoms with van der Waals surface area (Å²) in [5.74, 6) is 0. The highest BCUT2D eigenvalue weighted by Crippen LogP contribution is 2.13. The second-order valence-corrected chi connectivity index (χ2v) is 4.17. The zero-order valence-electron chi connectivity index (χ0n) is 9.88. The molecule has 0 radical (unpaired) electrons. The van der Waals surface area contributed by atoms with Crippen LogP contribution in [0.15, 0.2) is 35.6 Å². The van der Waals surface area contributed by atoms with E-state index in [2.05, 4.69) is 29.7 Å². The Balaban J connectivity index is 0.00000144. The third kappa shape index (κ3) is 3.41. The van der Waals surface area contributed by atoms with E-state index in [0.29, 0.717) is 6.04 Å². The number of hydrogen-bond acceptors (Lipinski definition) is 3. The Morgan fingerprint density at radius 2 is 2.06 bits per heavy atom. The van der Waals surface area contributed by atoms with Gasteiger partial charge in [-0.1, -0.05) is 30.3 Å². The van der Waals surface area contributed by atoms with Gasteiger partial charge in [-0.3, -0.25) is 0 Å².